The van der Waals surface area contributed by atoms with E-state index in [0.717, 1.165) is 10.4 Å². The minimum atomic E-state index is -0.0597. The fraction of sp³-hybridized carbons (Fsp3) is 0.0625. The van der Waals surface area contributed by atoms with Crippen LogP contribution < -0.4 is 5.56 Å². The van der Waals surface area contributed by atoms with Crippen LogP contribution in [0.25, 0.3) is 21.7 Å². The summed E-state index contributed by atoms with van der Waals surface area (Å²) in [4.78, 5) is 21.8. The van der Waals surface area contributed by atoms with Gasteiger partial charge >= 0.3 is 0 Å². The third kappa shape index (κ3) is 2.23. The van der Waals surface area contributed by atoms with E-state index in [1.54, 1.807) is 23.2 Å². The van der Waals surface area contributed by atoms with E-state index in [1.165, 1.54) is 11.3 Å². The highest BCUT2D eigenvalue weighted by Crippen LogP contribution is 2.18. The van der Waals surface area contributed by atoms with Crippen molar-refractivity contribution in [3.05, 3.63) is 70.4 Å². The molecule has 0 radical (unpaired) electrons. The number of aromatic nitrogens is 3. The quantitative estimate of drug-likeness (QED) is 0.583. The number of hydrogen-bond donors (Lipinski definition) is 0. The zero-order valence-electron chi connectivity index (χ0n) is 11.5. The zero-order chi connectivity index (χ0) is 14.9. The van der Waals surface area contributed by atoms with Gasteiger partial charge in [0.15, 0.2) is 0 Å². The minimum Gasteiger partial charge on any atom is -0.444 e. The third-order valence-corrected chi connectivity index (χ3v) is 4.18. The van der Waals surface area contributed by atoms with Crippen LogP contribution in [0.1, 0.15) is 5.69 Å². The first-order valence-corrected chi connectivity index (χ1v) is 7.62. The summed E-state index contributed by atoms with van der Waals surface area (Å²) in [6.07, 6.45) is 3.13. The molecule has 3 aromatic heterocycles. The summed E-state index contributed by atoms with van der Waals surface area (Å²) in [5.74, 6) is 0.549. The van der Waals surface area contributed by atoms with Gasteiger partial charge in [-0.15, -0.1) is 11.3 Å². The van der Waals surface area contributed by atoms with Crippen LogP contribution in [0.2, 0.25) is 0 Å². The summed E-state index contributed by atoms with van der Waals surface area (Å²) in [6, 6.07) is 11.5. The van der Waals surface area contributed by atoms with Gasteiger partial charge < -0.3 is 4.42 Å². The van der Waals surface area contributed by atoms with E-state index >= 15 is 0 Å². The van der Waals surface area contributed by atoms with Crippen molar-refractivity contribution >= 4 is 21.6 Å². The molecule has 0 aliphatic carbocycles. The molecule has 0 N–H and O–H groups in total. The van der Waals surface area contributed by atoms with E-state index in [-0.39, 0.29) is 5.56 Å². The molecular formula is C16H11N3O2S. The van der Waals surface area contributed by atoms with Crippen LogP contribution in [0.4, 0.5) is 0 Å². The Labute approximate surface area is 129 Å². The Hall–Kier alpha value is -2.73. The third-order valence-electron chi connectivity index (χ3n) is 3.36. The summed E-state index contributed by atoms with van der Waals surface area (Å²) in [7, 11) is 0. The highest BCUT2D eigenvalue weighted by Gasteiger charge is 2.09. The molecule has 6 heteroatoms. The SMILES string of the molecule is O=c1c2ccsc2ncn1Cc1coc(-c2ccccc2)n1. The first kappa shape index (κ1) is 13.0. The van der Waals surface area contributed by atoms with Gasteiger partial charge in [-0.1, -0.05) is 18.2 Å². The lowest BCUT2D eigenvalue weighted by Gasteiger charge is -2.01. The maximum Gasteiger partial charge on any atom is 0.262 e. The van der Waals surface area contributed by atoms with Gasteiger partial charge in [-0.25, -0.2) is 9.97 Å². The van der Waals surface area contributed by atoms with Crippen LogP contribution in [-0.4, -0.2) is 14.5 Å². The standard InChI is InChI=1S/C16H11N3O2S/c20-16-13-6-7-22-15(13)17-10-19(16)8-12-9-21-14(18-12)11-4-2-1-3-5-11/h1-7,9-10H,8H2. The molecule has 0 amide bonds. The summed E-state index contributed by atoms with van der Waals surface area (Å²) in [6.45, 7) is 0.341. The van der Waals surface area contributed by atoms with Crippen LogP contribution in [0.3, 0.4) is 0 Å². The highest BCUT2D eigenvalue weighted by atomic mass is 32.1. The maximum atomic E-state index is 12.3. The molecule has 22 heavy (non-hydrogen) atoms. The molecule has 0 spiro atoms. The largest absolute Gasteiger partial charge is 0.444 e. The number of nitrogens with zero attached hydrogens (tertiary/aromatic N) is 3. The second kappa shape index (κ2) is 5.23. The summed E-state index contributed by atoms with van der Waals surface area (Å²) < 4.78 is 7.03. The van der Waals surface area contributed by atoms with Crippen molar-refractivity contribution in [1.29, 1.82) is 0 Å². The normalized spacial score (nSPS) is 11.1. The second-order valence-electron chi connectivity index (χ2n) is 4.83. The summed E-state index contributed by atoms with van der Waals surface area (Å²) >= 11 is 1.46. The number of rotatable bonds is 3. The van der Waals surface area contributed by atoms with Crippen LogP contribution in [0, 0.1) is 0 Å². The van der Waals surface area contributed by atoms with Crippen molar-refractivity contribution in [3.63, 3.8) is 0 Å². The molecule has 1 aromatic carbocycles. The molecule has 0 fully saturated rings. The first-order valence-electron chi connectivity index (χ1n) is 6.74. The molecule has 0 aliphatic heterocycles. The molecule has 0 aliphatic rings. The summed E-state index contributed by atoms with van der Waals surface area (Å²) in [5, 5.41) is 2.51. The number of oxazole rings is 1. The van der Waals surface area contributed by atoms with Gasteiger partial charge in [0.05, 0.1) is 24.0 Å². The van der Waals surface area contributed by atoms with Gasteiger partial charge in [0.25, 0.3) is 5.56 Å². The topological polar surface area (TPSA) is 60.9 Å². The average molecular weight is 309 g/mol. The number of thiophene rings is 1. The van der Waals surface area contributed by atoms with E-state index in [2.05, 4.69) is 9.97 Å². The zero-order valence-corrected chi connectivity index (χ0v) is 12.3. The number of hydrogen-bond acceptors (Lipinski definition) is 5. The lowest BCUT2D eigenvalue weighted by molar-refractivity contribution is 0.571. The number of fused-ring (bicyclic) bond motifs is 1. The van der Waals surface area contributed by atoms with E-state index in [4.69, 9.17) is 4.42 Å². The predicted octanol–water partition coefficient (Wildman–Crippen LogP) is 3.16. The fourth-order valence-corrected chi connectivity index (χ4v) is 3.00. The van der Waals surface area contributed by atoms with E-state index in [1.807, 2.05) is 35.7 Å². The Morgan fingerprint density at radius 1 is 1.18 bits per heavy atom. The molecule has 0 saturated heterocycles. The Balaban J connectivity index is 1.67. The lowest BCUT2D eigenvalue weighted by Crippen LogP contribution is -2.20. The van der Waals surface area contributed by atoms with Gasteiger partial charge in [0.1, 0.15) is 11.1 Å². The minimum absolute atomic E-state index is 0.0597. The van der Waals surface area contributed by atoms with Crippen molar-refractivity contribution in [1.82, 2.24) is 14.5 Å². The second-order valence-corrected chi connectivity index (χ2v) is 5.72. The maximum absolute atomic E-state index is 12.3. The number of benzene rings is 1. The van der Waals surface area contributed by atoms with Crippen LogP contribution in [0.5, 0.6) is 0 Å². The Morgan fingerprint density at radius 2 is 2.05 bits per heavy atom. The van der Waals surface area contributed by atoms with E-state index in [9.17, 15) is 4.79 Å². The molecule has 3 heterocycles. The fourth-order valence-electron chi connectivity index (χ4n) is 2.27. The molecule has 4 rings (SSSR count). The van der Waals surface area contributed by atoms with Crippen molar-refractivity contribution in [3.8, 4) is 11.5 Å². The average Bonchev–Trinajstić information content (AvgIpc) is 3.20. The van der Waals surface area contributed by atoms with Gasteiger partial charge in [0.2, 0.25) is 5.89 Å². The van der Waals surface area contributed by atoms with Crippen LogP contribution in [-0.2, 0) is 6.54 Å². The molecule has 0 atom stereocenters. The molecule has 0 unspecified atom stereocenters. The van der Waals surface area contributed by atoms with Crippen molar-refractivity contribution in [2.24, 2.45) is 0 Å². The highest BCUT2D eigenvalue weighted by molar-refractivity contribution is 7.16. The Morgan fingerprint density at radius 3 is 2.91 bits per heavy atom. The summed E-state index contributed by atoms with van der Waals surface area (Å²) in [5.41, 5.74) is 1.54. The van der Waals surface area contributed by atoms with E-state index in [0.29, 0.717) is 23.5 Å². The smallest absolute Gasteiger partial charge is 0.262 e. The van der Waals surface area contributed by atoms with Gasteiger partial charge in [-0.2, -0.15) is 0 Å². The molecule has 0 saturated carbocycles. The van der Waals surface area contributed by atoms with Gasteiger partial charge in [0, 0.05) is 5.56 Å². The first-order chi connectivity index (χ1) is 10.8. The molecule has 0 bridgehead atoms. The molecule has 108 valence electrons. The van der Waals surface area contributed by atoms with Crippen molar-refractivity contribution in [2.75, 3.05) is 0 Å². The van der Waals surface area contributed by atoms with Crippen LogP contribution in [0.15, 0.2) is 63.6 Å². The van der Waals surface area contributed by atoms with Crippen molar-refractivity contribution in [2.45, 2.75) is 6.54 Å². The van der Waals surface area contributed by atoms with E-state index < -0.39 is 0 Å². The Kier molecular flexibility index (Phi) is 3.08. The molecule has 4 aromatic rings. The van der Waals surface area contributed by atoms with Gasteiger partial charge in [-0.05, 0) is 23.6 Å². The lowest BCUT2D eigenvalue weighted by atomic mass is 10.2. The van der Waals surface area contributed by atoms with Crippen LogP contribution >= 0.6 is 11.3 Å². The van der Waals surface area contributed by atoms with Crippen molar-refractivity contribution < 1.29 is 4.42 Å². The monoisotopic (exact) mass is 309 g/mol. The van der Waals surface area contributed by atoms with Gasteiger partial charge in [-0.3, -0.25) is 9.36 Å². The molecule has 5 nitrogen and oxygen atoms in total. The predicted molar refractivity (Wildman–Crippen MR) is 84.9 cm³/mol. The molecular weight excluding hydrogens is 298 g/mol. The Bertz CT molecular complexity index is 985.